The Morgan fingerprint density at radius 3 is 2.55 bits per heavy atom. The minimum atomic E-state index is 0.00358. The number of nitrogens with one attached hydrogen (secondary N) is 1. The van der Waals surface area contributed by atoms with Gasteiger partial charge < -0.3 is 5.32 Å². The number of aliphatic imine (C=N–C) groups is 1. The summed E-state index contributed by atoms with van der Waals surface area (Å²) in [5.41, 5.74) is 1.82. The molecular weight excluding hydrogens is 408 g/mol. The lowest BCUT2D eigenvalue weighted by molar-refractivity contribution is 0.0788. The van der Waals surface area contributed by atoms with E-state index in [1.807, 2.05) is 50.3 Å². The molecule has 1 aliphatic heterocycles. The molecule has 1 N–H and O–H groups in total. The topological polar surface area (TPSA) is 57.6 Å². The molecule has 3 rings (SSSR count). The molecule has 6 heteroatoms. The highest BCUT2D eigenvalue weighted by atomic mass is 35.5. The second-order valence-electron chi connectivity index (χ2n) is 7.26. The normalized spacial score (nSPS) is 15.5. The zero-order valence-electron chi connectivity index (χ0n) is 18.5. The van der Waals surface area contributed by atoms with Gasteiger partial charge in [0.15, 0.2) is 0 Å². The van der Waals surface area contributed by atoms with E-state index in [4.69, 9.17) is 11.6 Å². The molecule has 31 heavy (non-hydrogen) atoms. The van der Waals surface area contributed by atoms with E-state index in [1.165, 1.54) is 0 Å². The first kappa shape index (κ1) is 24.5. The van der Waals surface area contributed by atoms with Crippen LogP contribution in [0.25, 0.3) is 12.2 Å². The van der Waals surface area contributed by atoms with Gasteiger partial charge in [-0.2, -0.15) is 0 Å². The molecular formula is C25H31ClN4O. The average Bonchev–Trinajstić information content (AvgIpc) is 2.80. The summed E-state index contributed by atoms with van der Waals surface area (Å²) >= 11 is 5.50. The smallest absolute Gasteiger partial charge is 0.259 e. The molecule has 5 nitrogen and oxygen atoms in total. The molecule has 2 aromatic rings. The van der Waals surface area contributed by atoms with E-state index in [2.05, 4.69) is 21.9 Å². The van der Waals surface area contributed by atoms with Gasteiger partial charge in [0.1, 0.15) is 5.15 Å². The van der Waals surface area contributed by atoms with Crippen LogP contribution in [0.3, 0.4) is 0 Å². The third-order valence-corrected chi connectivity index (χ3v) is 5.22. The Morgan fingerprint density at radius 2 is 2.00 bits per heavy atom. The molecule has 0 saturated carbocycles. The Kier molecular flexibility index (Phi) is 10.1. The van der Waals surface area contributed by atoms with Gasteiger partial charge in [-0.3, -0.25) is 14.7 Å². The standard InChI is InChI=1S/C19H25N3O.C6H6ClN/c1-4-6-16-13-17(8-7-15(16)5-2)19(23)22(14-20-3)18-9-11-21-12-10-18;1-5-2-3-6(7)8-4-5/h4-8,13-14,18,21H,1,9-12H2,2-3H3;2-4H,1H3/b15-5-,16-6-,20-14?;. The summed E-state index contributed by atoms with van der Waals surface area (Å²) in [5.74, 6) is 0.00358. The van der Waals surface area contributed by atoms with Crippen LogP contribution in [-0.2, 0) is 0 Å². The molecule has 1 aromatic carbocycles. The molecule has 0 radical (unpaired) electrons. The lowest BCUT2D eigenvalue weighted by Gasteiger charge is -2.31. The first-order chi connectivity index (χ1) is 15.0. The van der Waals surface area contributed by atoms with Gasteiger partial charge in [-0.25, -0.2) is 4.98 Å². The number of amides is 1. The first-order valence-corrected chi connectivity index (χ1v) is 10.8. The van der Waals surface area contributed by atoms with Crippen LogP contribution in [0.4, 0.5) is 0 Å². The van der Waals surface area contributed by atoms with E-state index in [1.54, 1.807) is 36.6 Å². The molecule has 2 heterocycles. The highest BCUT2D eigenvalue weighted by molar-refractivity contribution is 6.29. The number of carbonyl (C=O) groups excluding carboxylic acids is 1. The largest absolute Gasteiger partial charge is 0.317 e. The van der Waals surface area contributed by atoms with Gasteiger partial charge in [-0.05, 0) is 74.0 Å². The molecule has 1 aromatic heterocycles. The predicted molar refractivity (Wildman–Crippen MR) is 131 cm³/mol. The highest BCUT2D eigenvalue weighted by Crippen LogP contribution is 2.13. The van der Waals surface area contributed by atoms with Crippen LogP contribution >= 0.6 is 11.6 Å². The fourth-order valence-corrected chi connectivity index (χ4v) is 3.47. The summed E-state index contributed by atoms with van der Waals surface area (Å²) in [7, 11) is 1.70. The van der Waals surface area contributed by atoms with Crippen molar-refractivity contribution < 1.29 is 4.79 Å². The molecule has 0 atom stereocenters. The van der Waals surface area contributed by atoms with Gasteiger partial charge >= 0.3 is 0 Å². The van der Waals surface area contributed by atoms with Crippen LogP contribution in [-0.4, -0.2) is 48.3 Å². The van der Waals surface area contributed by atoms with Crippen molar-refractivity contribution in [3.63, 3.8) is 0 Å². The number of pyridine rings is 1. The monoisotopic (exact) mass is 438 g/mol. The second-order valence-corrected chi connectivity index (χ2v) is 7.65. The van der Waals surface area contributed by atoms with Crippen molar-refractivity contribution in [2.24, 2.45) is 4.99 Å². The van der Waals surface area contributed by atoms with Crippen molar-refractivity contribution >= 4 is 36.0 Å². The van der Waals surface area contributed by atoms with Crippen LogP contribution in [0.1, 0.15) is 35.7 Å². The van der Waals surface area contributed by atoms with Gasteiger partial charge in [0.25, 0.3) is 5.91 Å². The van der Waals surface area contributed by atoms with Gasteiger partial charge in [-0.15, -0.1) is 0 Å². The van der Waals surface area contributed by atoms with Crippen molar-refractivity contribution in [2.75, 3.05) is 20.1 Å². The average molecular weight is 439 g/mol. The summed E-state index contributed by atoms with van der Waals surface area (Å²) in [5, 5.41) is 5.98. The van der Waals surface area contributed by atoms with Gasteiger partial charge in [0.2, 0.25) is 0 Å². The SMILES string of the molecule is C=C/C=c1/cc(C(=O)N(C=NC)C2CCNCC2)cc/c1=C/C.Cc1ccc(Cl)nc1. The lowest BCUT2D eigenvalue weighted by Crippen LogP contribution is -2.45. The number of hydrogen-bond donors (Lipinski definition) is 1. The number of aromatic nitrogens is 1. The maximum atomic E-state index is 13.0. The first-order valence-electron chi connectivity index (χ1n) is 10.4. The molecule has 0 bridgehead atoms. The summed E-state index contributed by atoms with van der Waals surface area (Å²) in [6.07, 6.45) is 11.0. The zero-order chi connectivity index (χ0) is 22.6. The van der Waals surface area contributed by atoms with E-state index in [0.29, 0.717) is 10.7 Å². The molecule has 0 spiro atoms. The number of rotatable bonds is 4. The van der Waals surface area contributed by atoms with E-state index in [-0.39, 0.29) is 11.9 Å². The molecule has 1 saturated heterocycles. The Balaban J connectivity index is 0.000000357. The van der Waals surface area contributed by atoms with Crippen LogP contribution in [0.15, 0.2) is 54.2 Å². The second kappa shape index (κ2) is 12.8. The summed E-state index contributed by atoms with van der Waals surface area (Å²) in [6, 6.07) is 9.70. The summed E-state index contributed by atoms with van der Waals surface area (Å²) in [4.78, 5) is 22.7. The Morgan fingerprint density at radius 1 is 1.26 bits per heavy atom. The van der Waals surface area contributed by atoms with Crippen molar-refractivity contribution in [1.82, 2.24) is 15.2 Å². The summed E-state index contributed by atoms with van der Waals surface area (Å²) in [6.45, 7) is 9.59. The molecule has 0 unspecified atom stereocenters. The number of nitrogens with zero attached hydrogens (tertiary/aromatic N) is 3. The van der Waals surface area contributed by atoms with Crippen LogP contribution in [0.2, 0.25) is 5.15 Å². The fraction of sp³-hybridized carbons (Fsp3) is 0.320. The molecule has 1 fully saturated rings. The quantitative estimate of drug-likeness (QED) is 0.452. The van der Waals surface area contributed by atoms with E-state index in [0.717, 1.165) is 41.9 Å². The van der Waals surface area contributed by atoms with Crippen LogP contribution in [0, 0.1) is 6.92 Å². The van der Waals surface area contributed by atoms with Crippen molar-refractivity contribution in [1.29, 1.82) is 0 Å². The van der Waals surface area contributed by atoms with Crippen molar-refractivity contribution in [2.45, 2.75) is 32.7 Å². The Bertz CT molecular complexity index is 988. The number of carbonyl (C=O) groups is 1. The lowest BCUT2D eigenvalue weighted by atomic mass is 10.0. The fourth-order valence-electron chi connectivity index (χ4n) is 3.36. The zero-order valence-corrected chi connectivity index (χ0v) is 19.3. The molecule has 164 valence electrons. The van der Waals surface area contributed by atoms with E-state index in [9.17, 15) is 4.79 Å². The third kappa shape index (κ3) is 7.46. The van der Waals surface area contributed by atoms with Crippen LogP contribution in [0.5, 0.6) is 0 Å². The van der Waals surface area contributed by atoms with Crippen molar-refractivity contribution in [3.8, 4) is 0 Å². The number of benzene rings is 1. The van der Waals surface area contributed by atoms with Crippen LogP contribution < -0.4 is 15.8 Å². The number of allylic oxidation sites excluding steroid dienone is 1. The van der Waals surface area contributed by atoms with E-state index >= 15 is 0 Å². The maximum absolute atomic E-state index is 13.0. The number of hydrogen-bond acceptors (Lipinski definition) is 4. The highest BCUT2D eigenvalue weighted by Gasteiger charge is 2.25. The molecule has 0 aliphatic carbocycles. The van der Waals surface area contributed by atoms with Crippen molar-refractivity contribution in [3.05, 3.63) is 75.9 Å². The molecule has 1 amide bonds. The number of halogens is 1. The third-order valence-electron chi connectivity index (χ3n) is 4.99. The summed E-state index contributed by atoms with van der Waals surface area (Å²) < 4.78 is 0. The van der Waals surface area contributed by atoms with Gasteiger partial charge in [0.05, 0.1) is 6.34 Å². The minimum absolute atomic E-state index is 0.00358. The van der Waals surface area contributed by atoms with Gasteiger partial charge in [0, 0.05) is 24.8 Å². The maximum Gasteiger partial charge on any atom is 0.259 e. The van der Waals surface area contributed by atoms with E-state index < -0.39 is 0 Å². The Labute approximate surface area is 189 Å². The van der Waals surface area contributed by atoms with Gasteiger partial charge in [-0.1, -0.05) is 48.5 Å². The Hall–Kier alpha value is -2.76. The molecule has 1 aliphatic rings. The number of aryl methyl sites for hydroxylation is 1. The predicted octanol–water partition coefficient (Wildman–Crippen LogP) is 3.35. The minimum Gasteiger partial charge on any atom is -0.317 e. The number of piperidine rings is 1.